The molecular weight excluding hydrogens is 334 g/mol. The zero-order valence-corrected chi connectivity index (χ0v) is 15.7. The van der Waals surface area contributed by atoms with Gasteiger partial charge in [-0.15, -0.1) is 11.3 Å². The number of aromatic nitrogens is 3. The second-order valence-electron chi connectivity index (χ2n) is 5.64. The second kappa shape index (κ2) is 7.19. The van der Waals surface area contributed by atoms with Crippen LogP contribution in [0.5, 0.6) is 0 Å². The molecule has 0 spiro atoms. The minimum absolute atomic E-state index is 0.294. The van der Waals surface area contributed by atoms with Gasteiger partial charge in [-0.2, -0.15) is 0 Å². The van der Waals surface area contributed by atoms with Crippen molar-refractivity contribution in [2.24, 2.45) is 0 Å². The fourth-order valence-corrected chi connectivity index (χ4v) is 3.91. The van der Waals surface area contributed by atoms with Crippen LogP contribution in [0.25, 0.3) is 22.0 Å². The monoisotopic (exact) mass is 355 g/mol. The summed E-state index contributed by atoms with van der Waals surface area (Å²) in [6.07, 6.45) is 1.75. The molecule has 3 heterocycles. The van der Waals surface area contributed by atoms with Gasteiger partial charge in [0, 0.05) is 35.1 Å². The number of hydrogen-bond acceptors (Lipinski definition) is 5. The van der Waals surface area contributed by atoms with E-state index in [1.54, 1.807) is 6.20 Å². The Bertz CT molecular complexity index is 897. The van der Waals surface area contributed by atoms with E-state index >= 15 is 0 Å². The Morgan fingerprint density at radius 1 is 1.20 bits per heavy atom. The van der Waals surface area contributed by atoms with Crippen molar-refractivity contribution in [2.75, 3.05) is 6.61 Å². The standard InChI is InChI=1S/C19H21N3O2S/c1-5-22-12(3)16(17(13(22)4)19(23)24-6-2)15-11-25-18(21-15)14-9-7-8-10-20-14/h7-11H,5-6H2,1-4H3. The molecule has 0 aromatic carbocycles. The average molecular weight is 355 g/mol. The number of thiazole rings is 1. The van der Waals surface area contributed by atoms with Crippen LogP contribution in [0.2, 0.25) is 0 Å². The smallest absolute Gasteiger partial charge is 0.340 e. The molecule has 25 heavy (non-hydrogen) atoms. The number of hydrogen-bond donors (Lipinski definition) is 0. The number of carbonyl (C=O) groups excluding carboxylic acids is 1. The summed E-state index contributed by atoms with van der Waals surface area (Å²) >= 11 is 1.53. The normalized spacial score (nSPS) is 10.9. The highest BCUT2D eigenvalue weighted by Gasteiger charge is 2.26. The van der Waals surface area contributed by atoms with E-state index in [9.17, 15) is 4.79 Å². The Morgan fingerprint density at radius 2 is 2.00 bits per heavy atom. The first kappa shape index (κ1) is 17.4. The van der Waals surface area contributed by atoms with Crippen molar-refractivity contribution in [2.45, 2.75) is 34.2 Å². The van der Waals surface area contributed by atoms with E-state index in [0.717, 1.165) is 39.9 Å². The van der Waals surface area contributed by atoms with Crippen LogP contribution >= 0.6 is 11.3 Å². The van der Waals surface area contributed by atoms with E-state index in [0.29, 0.717) is 12.2 Å². The number of rotatable bonds is 5. The Labute approximate surface area is 151 Å². The number of carbonyl (C=O) groups is 1. The van der Waals surface area contributed by atoms with Gasteiger partial charge in [0.05, 0.1) is 23.6 Å². The summed E-state index contributed by atoms with van der Waals surface area (Å²) in [4.78, 5) is 21.6. The van der Waals surface area contributed by atoms with Crippen molar-refractivity contribution in [1.82, 2.24) is 14.5 Å². The Morgan fingerprint density at radius 3 is 2.64 bits per heavy atom. The van der Waals surface area contributed by atoms with Gasteiger partial charge in [0.1, 0.15) is 5.01 Å². The minimum Gasteiger partial charge on any atom is -0.462 e. The number of pyridine rings is 1. The highest BCUT2D eigenvalue weighted by molar-refractivity contribution is 7.13. The van der Waals surface area contributed by atoms with Crippen LogP contribution in [-0.2, 0) is 11.3 Å². The largest absolute Gasteiger partial charge is 0.462 e. The Hall–Kier alpha value is -2.47. The molecule has 0 unspecified atom stereocenters. The molecule has 130 valence electrons. The maximum Gasteiger partial charge on any atom is 0.340 e. The first-order valence-corrected chi connectivity index (χ1v) is 9.20. The molecular formula is C19H21N3O2S. The topological polar surface area (TPSA) is 57.0 Å². The zero-order valence-electron chi connectivity index (χ0n) is 14.9. The molecule has 5 nitrogen and oxygen atoms in total. The molecule has 0 N–H and O–H groups in total. The van der Waals surface area contributed by atoms with Gasteiger partial charge in [-0.1, -0.05) is 6.07 Å². The lowest BCUT2D eigenvalue weighted by Gasteiger charge is -2.05. The molecule has 0 radical (unpaired) electrons. The van der Waals surface area contributed by atoms with Gasteiger partial charge in [0.2, 0.25) is 0 Å². The predicted molar refractivity (Wildman–Crippen MR) is 99.9 cm³/mol. The third-order valence-corrected chi connectivity index (χ3v) is 5.09. The van der Waals surface area contributed by atoms with Crippen molar-refractivity contribution < 1.29 is 9.53 Å². The molecule has 0 aliphatic rings. The lowest BCUT2D eigenvalue weighted by Crippen LogP contribution is -2.08. The molecule has 3 rings (SSSR count). The third kappa shape index (κ3) is 3.09. The van der Waals surface area contributed by atoms with Crippen molar-refractivity contribution in [1.29, 1.82) is 0 Å². The molecule has 0 aliphatic heterocycles. The average Bonchev–Trinajstić information content (AvgIpc) is 3.18. The van der Waals surface area contributed by atoms with Crippen LogP contribution in [0.15, 0.2) is 29.8 Å². The van der Waals surface area contributed by atoms with Crippen LogP contribution in [0, 0.1) is 13.8 Å². The van der Waals surface area contributed by atoms with E-state index in [-0.39, 0.29) is 5.97 Å². The zero-order chi connectivity index (χ0) is 18.0. The first-order chi connectivity index (χ1) is 12.1. The van der Waals surface area contributed by atoms with Crippen LogP contribution in [0.4, 0.5) is 0 Å². The number of nitrogens with zero attached hydrogens (tertiary/aromatic N) is 3. The first-order valence-electron chi connectivity index (χ1n) is 8.32. The predicted octanol–water partition coefficient (Wildman–Crippen LogP) is 4.49. The minimum atomic E-state index is -0.294. The van der Waals surface area contributed by atoms with E-state index in [1.807, 2.05) is 44.4 Å². The fraction of sp³-hybridized carbons (Fsp3) is 0.316. The summed E-state index contributed by atoms with van der Waals surface area (Å²) in [5, 5.41) is 2.82. The molecule has 0 atom stereocenters. The van der Waals surface area contributed by atoms with Gasteiger partial charge < -0.3 is 9.30 Å². The van der Waals surface area contributed by atoms with Gasteiger partial charge >= 0.3 is 5.97 Å². The number of esters is 1. The Kier molecular flexibility index (Phi) is 4.99. The number of ether oxygens (including phenoxy) is 1. The van der Waals surface area contributed by atoms with Crippen molar-refractivity contribution in [3.05, 3.63) is 46.7 Å². The van der Waals surface area contributed by atoms with Crippen LogP contribution in [0.3, 0.4) is 0 Å². The third-order valence-electron chi connectivity index (χ3n) is 4.22. The molecule has 0 saturated carbocycles. The molecule has 3 aromatic heterocycles. The van der Waals surface area contributed by atoms with Crippen molar-refractivity contribution in [3.8, 4) is 22.0 Å². The summed E-state index contributed by atoms with van der Waals surface area (Å²) in [5.74, 6) is -0.294. The molecule has 3 aromatic rings. The lowest BCUT2D eigenvalue weighted by molar-refractivity contribution is 0.0526. The van der Waals surface area contributed by atoms with Crippen molar-refractivity contribution >= 4 is 17.3 Å². The molecule has 0 bridgehead atoms. The van der Waals surface area contributed by atoms with Gasteiger partial charge in [0.25, 0.3) is 0 Å². The van der Waals surface area contributed by atoms with Gasteiger partial charge in [0.15, 0.2) is 0 Å². The van der Waals surface area contributed by atoms with E-state index < -0.39 is 0 Å². The molecule has 0 saturated heterocycles. The van der Waals surface area contributed by atoms with Crippen LogP contribution in [-0.4, -0.2) is 27.1 Å². The summed E-state index contributed by atoms with van der Waals surface area (Å²) < 4.78 is 7.41. The molecule has 0 aliphatic carbocycles. The summed E-state index contributed by atoms with van der Waals surface area (Å²) in [6.45, 7) is 9.01. The van der Waals surface area contributed by atoms with Gasteiger partial charge in [-0.05, 0) is 39.8 Å². The fourth-order valence-electron chi connectivity index (χ4n) is 3.12. The van der Waals surface area contributed by atoms with Crippen LogP contribution < -0.4 is 0 Å². The highest BCUT2D eigenvalue weighted by atomic mass is 32.1. The molecule has 0 fully saturated rings. The van der Waals surface area contributed by atoms with E-state index in [4.69, 9.17) is 9.72 Å². The second-order valence-corrected chi connectivity index (χ2v) is 6.50. The molecule has 0 amide bonds. The van der Waals surface area contributed by atoms with Gasteiger partial charge in [-0.3, -0.25) is 4.98 Å². The Balaban J connectivity index is 2.14. The molecule has 6 heteroatoms. The van der Waals surface area contributed by atoms with E-state index in [2.05, 4.69) is 16.5 Å². The summed E-state index contributed by atoms with van der Waals surface area (Å²) in [7, 11) is 0. The maximum atomic E-state index is 12.5. The quantitative estimate of drug-likeness (QED) is 0.633. The lowest BCUT2D eigenvalue weighted by atomic mass is 10.1. The summed E-state index contributed by atoms with van der Waals surface area (Å²) in [6, 6.07) is 5.76. The summed E-state index contributed by atoms with van der Waals surface area (Å²) in [5.41, 5.74) is 5.04. The SMILES string of the molecule is CCOC(=O)c1c(-c2csc(-c3ccccn3)n2)c(C)n(CC)c1C. The van der Waals surface area contributed by atoms with Crippen LogP contribution in [0.1, 0.15) is 35.6 Å². The maximum absolute atomic E-state index is 12.5. The van der Waals surface area contributed by atoms with Gasteiger partial charge in [-0.25, -0.2) is 9.78 Å². The highest BCUT2D eigenvalue weighted by Crippen LogP contribution is 2.35. The van der Waals surface area contributed by atoms with Crippen molar-refractivity contribution in [3.63, 3.8) is 0 Å². The van der Waals surface area contributed by atoms with E-state index in [1.165, 1.54) is 11.3 Å².